The molecule has 0 bridgehead atoms. The minimum absolute atomic E-state index is 0.653. The lowest BCUT2D eigenvalue weighted by Gasteiger charge is -2.10. The van der Waals surface area contributed by atoms with Crippen molar-refractivity contribution in [2.24, 2.45) is 0 Å². The topological polar surface area (TPSA) is 43.4 Å². The summed E-state index contributed by atoms with van der Waals surface area (Å²) in [5, 5.41) is 5.77. The van der Waals surface area contributed by atoms with Crippen LogP contribution >= 0.6 is 34.5 Å². The molecule has 4 nitrogen and oxygen atoms in total. The van der Waals surface area contributed by atoms with Crippen molar-refractivity contribution in [3.63, 3.8) is 0 Å². The maximum Gasteiger partial charge on any atom is 0.169 e. The molecule has 0 unspecified atom stereocenters. The van der Waals surface area contributed by atoms with E-state index in [1.165, 1.54) is 0 Å². The first-order valence-electron chi connectivity index (χ1n) is 8.43. The summed E-state index contributed by atoms with van der Waals surface area (Å²) in [6.45, 7) is 1.50. The van der Waals surface area contributed by atoms with Gasteiger partial charge in [-0.25, -0.2) is 4.98 Å². The van der Waals surface area contributed by atoms with E-state index in [4.69, 9.17) is 32.7 Å². The number of hydrogen-bond donors (Lipinski definition) is 1. The minimum atomic E-state index is 0.653. The van der Waals surface area contributed by atoms with E-state index in [9.17, 15) is 0 Å². The predicted molar refractivity (Wildman–Crippen MR) is 113 cm³/mol. The van der Waals surface area contributed by atoms with Gasteiger partial charge in [0.15, 0.2) is 11.5 Å². The predicted octanol–water partition coefficient (Wildman–Crippen LogP) is 5.47. The molecule has 3 aromatic rings. The second kappa shape index (κ2) is 9.42. The molecule has 1 heterocycles. The van der Waals surface area contributed by atoms with E-state index >= 15 is 0 Å². The molecule has 0 aliphatic carbocycles. The van der Waals surface area contributed by atoms with Crippen LogP contribution in [-0.2, 0) is 13.0 Å². The van der Waals surface area contributed by atoms with Gasteiger partial charge in [0.2, 0.25) is 0 Å². The average Bonchev–Trinajstić information content (AvgIpc) is 3.14. The van der Waals surface area contributed by atoms with Gasteiger partial charge in [0.1, 0.15) is 5.01 Å². The molecule has 7 heteroatoms. The fourth-order valence-electron chi connectivity index (χ4n) is 2.74. The molecule has 0 atom stereocenters. The van der Waals surface area contributed by atoms with Crippen LogP contribution in [-0.4, -0.2) is 25.7 Å². The van der Waals surface area contributed by atoms with Gasteiger partial charge >= 0.3 is 0 Å². The smallest absolute Gasteiger partial charge is 0.169 e. The molecule has 142 valence electrons. The molecular formula is C20H20Cl2N2O2S. The highest BCUT2D eigenvalue weighted by Crippen LogP contribution is 2.39. The van der Waals surface area contributed by atoms with E-state index in [0.29, 0.717) is 22.3 Å². The minimum Gasteiger partial charge on any atom is -0.493 e. The number of halogens is 2. The van der Waals surface area contributed by atoms with Crippen LogP contribution in [0.2, 0.25) is 10.0 Å². The zero-order chi connectivity index (χ0) is 19.2. The summed E-state index contributed by atoms with van der Waals surface area (Å²) in [5.74, 6) is 1.43. The lowest BCUT2D eigenvalue weighted by Crippen LogP contribution is -2.16. The van der Waals surface area contributed by atoms with E-state index in [2.05, 4.69) is 10.3 Å². The molecule has 0 aliphatic rings. The molecule has 0 radical (unpaired) electrons. The van der Waals surface area contributed by atoms with Gasteiger partial charge in [-0.05, 0) is 42.8 Å². The summed E-state index contributed by atoms with van der Waals surface area (Å²) in [4.78, 5) is 5.56. The molecule has 3 rings (SSSR count). The number of methoxy groups -OCH3 is 2. The Bertz CT molecular complexity index is 915. The number of nitrogens with one attached hydrogen (secondary N) is 1. The Morgan fingerprint density at radius 2 is 1.96 bits per heavy atom. The van der Waals surface area contributed by atoms with E-state index in [1.54, 1.807) is 31.6 Å². The summed E-state index contributed by atoms with van der Waals surface area (Å²) in [5.41, 5.74) is 2.06. The van der Waals surface area contributed by atoms with Gasteiger partial charge in [-0.1, -0.05) is 35.3 Å². The molecule has 2 aromatic carbocycles. The van der Waals surface area contributed by atoms with Crippen molar-refractivity contribution in [3.8, 4) is 21.9 Å². The van der Waals surface area contributed by atoms with E-state index < -0.39 is 0 Å². The Kier molecular flexibility index (Phi) is 6.96. The Morgan fingerprint density at radius 3 is 2.70 bits per heavy atom. The fraction of sp³-hybridized carbons (Fsp3) is 0.250. The Morgan fingerprint density at radius 1 is 1.11 bits per heavy atom. The Hall–Kier alpha value is -1.79. The zero-order valence-corrected chi connectivity index (χ0v) is 17.4. The Labute approximate surface area is 173 Å². The number of benzene rings is 2. The van der Waals surface area contributed by atoms with Crippen LogP contribution < -0.4 is 14.8 Å². The zero-order valence-electron chi connectivity index (χ0n) is 15.1. The molecule has 0 saturated heterocycles. The Balaban J connectivity index is 1.60. The van der Waals surface area contributed by atoms with Gasteiger partial charge < -0.3 is 14.8 Å². The number of aromatic nitrogens is 1. The molecule has 1 aromatic heterocycles. The summed E-state index contributed by atoms with van der Waals surface area (Å²) in [6.07, 6.45) is 2.70. The van der Waals surface area contributed by atoms with E-state index in [0.717, 1.165) is 39.7 Å². The normalized spacial score (nSPS) is 10.8. The van der Waals surface area contributed by atoms with Crippen LogP contribution in [0.3, 0.4) is 0 Å². The average molecular weight is 423 g/mol. The van der Waals surface area contributed by atoms with Crippen LogP contribution in [0, 0.1) is 0 Å². The van der Waals surface area contributed by atoms with Crippen molar-refractivity contribution in [2.45, 2.75) is 13.0 Å². The van der Waals surface area contributed by atoms with Gasteiger partial charge in [0.05, 0.1) is 19.1 Å². The van der Waals surface area contributed by atoms with Crippen molar-refractivity contribution in [2.75, 3.05) is 20.8 Å². The first-order chi connectivity index (χ1) is 13.1. The van der Waals surface area contributed by atoms with Crippen LogP contribution in [0.15, 0.2) is 42.6 Å². The summed E-state index contributed by atoms with van der Waals surface area (Å²) in [7, 11) is 3.28. The lowest BCUT2D eigenvalue weighted by atomic mass is 10.1. The molecule has 0 saturated carbocycles. The third-order valence-electron chi connectivity index (χ3n) is 4.08. The van der Waals surface area contributed by atoms with Crippen molar-refractivity contribution in [3.05, 3.63) is 63.2 Å². The monoisotopic (exact) mass is 422 g/mol. The molecule has 0 aliphatic heterocycles. The SMILES string of the molecule is COc1cccc(-c2cnc(CNCCc3ccc(Cl)cc3Cl)s2)c1OC. The standard InChI is InChI=1S/C20H20Cl2N2O2S/c1-25-17-5-3-4-15(20(17)26-2)18-11-24-19(27-18)12-23-9-8-13-6-7-14(21)10-16(13)22/h3-7,10-11,23H,8-9,12H2,1-2H3. The van der Waals surface area contributed by atoms with Gasteiger partial charge in [-0.2, -0.15) is 0 Å². The van der Waals surface area contributed by atoms with Gasteiger partial charge in [0, 0.05) is 28.4 Å². The number of ether oxygens (including phenoxy) is 2. The molecule has 0 amide bonds. The largest absolute Gasteiger partial charge is 0.493 e. The summed E-state index contributed by atoms with van der Waals surface area (Å²) in [6, 6.07) is 11.4. The van der Waals surface area contributed by atoms with Gasteiger partial charge in [0.25, 0.3) is 0 Å². The van der Waals surface area contributed by atoms with Crippen LogP contribution in [0.4, 0.5) is 0 Å². The fourth-order valence-corrected chi connectivity index (χ4v) is 4.15. The maximum absolute atomic E-state index is 6.21. The molecule has 1 N–H and O–H groups in total. The van der Waals surface area contributed by atoms with Crippen LogP contribution in [0.1, 0.15) is 10.6 Å². The molecular weight excluding hydrogens is 403 g/mol. The molecule has 27 heavy (non-hydrogen) atoms. The van der Waals surface area contributed by atoms with Crippen LogP contribution in [0.5, 0.6) is 11.5 Å². The van der Waals surface area contributed by atoms with Crippen molar-refractivity contribution >= 4 is 34.5 Å². The van der Waals surface area contributed by atoms with Gasteiger partial charge in [-0.15, -0.1) is 11.3 Å². The first kappa shape index (κ1) is 20.0. The number of rotatable bonds is 8. The van der Waals surface area contributed by atoms with Crippen molar-refractivity contribution in [1.29, 1.82) is 0 Å². The second-order valence-electron chi connectivity index (χ2n) is 5.82. The van der Waals surface area contributed by atoms with Crippen molar-refractivity contribution in [1.82, 2.24) is 10.3 Å². The summed E-state index contributed by atoms with van der Waals surface area (Å²) < 4.78 is 10.9. The number of para-hydroxylation sites is 1. The highest BCUT2D eigenvalue weighted by Gasteiger charge is 2.14. The molecule has 0 spiro atoms. The van der Waals surface area contributed by atoms with E-state index in [1.807, 2.05) is 36.5 Å². The lowest BCUT2D eigenvalue weighted by molar-refractivity contribution is 0.356. The highest BCUT2D eigenvalue weighted by molar-refractivity contribution is 7.15. The number of hydrogen-bond acceptors (Lipinski definition) is 5. The highest BCUT2D eigenvalue weighted by atomic mass is 35.5. The van der Waals surface area contributed by atoms with Crippen molar-refractivity contribution < 1.29 is 9.47 Å². The maximum atomic E-state index is 6.21. The second-order valence-corrected chi connectivity index (χ2v) is 7.78. The third-order valence-corrected chi connectivity index (χ3v) is 5.70. The van der Waals surface area contributed by atoms with E-state index in [-0.39, 0.29) is 0 Å². The first-order valence-corrected chi connectivity index (χ1v) is 10.0. The molecule has 0 fully saturated rings. The summed E-state index contributed by atoms with van der Waals surface area (Å²) >= 11 is 13.8. The third kappa shape index (κ3) is 4.93. The van der Waals surface area contributed by atoms with Gasteiger partial charge in [-0.3, -0.25) is 0 Å². The quantitative estimate of drug-likeness (QED) is 0.488. The number of thiazole rings is 1. The van der Waals surface area contributed by atoms with Crippen LogP contribution in [0.25, 0.3) is 10.4 Å². The number of nitrogens with zero attached hydrogens (tertiary/aromatic N) is 1.